The molecular formula is C20H25N5OS. The molecule has 0 radical (unpaired) electrons. The Kier molecular flexibility index (Phi) is 5.22. The molecule has 0 aliphatic carbocycles. The molecule has 0 spiro atoms. The second kappa shape index (κ2) is 7.78. The van der Waals surface area contributed by atoms with Crippen molar-refractivity contribution in [2.75, 3.05) is 13.1 Å². The lowest BCUT2D eigenvalue weighted by atomic mass is 10.1. The van der Waals surface area contributed by atoms with Gasteiger partial charge in [0.15, 0.2) is 0 Å². The minimum atomic E-state index is -0.0589. The third-order valence-electron chi connectivity index (χ3n) is 5.28. The highest BCUT2D eigenvalue weighted by Gasteiger charge is 2.16. The fraction of sp³-hybridized carbons (Fsp3) is 0.450. The third kappa shape index (κ3) is 3.37. The van der Waals surface area contributed by atoms with Gasteiger partial charge >= 0.3 is 0 Å². The fourth-order valence-corrected chi connectivity index (χ4v) is 4.18. The summed E-state index contributed by atoms with van der Waals surface area (Å²) in [5.74, 6) is 0.579. The monoisotopic (exact) mass is 383 g/mol. The molecule has 0 bridgehead atoms. The first kappa shape index (κ1) is 18.1. The summed E-state index contributed by atoms with van der Waals surface area (Å²) in [5, 5.41) is 5.39. The molecule has 142 valence electrons. The number of hydrogen-bond acceptors (Lipinski definition) is 4. The molecule has 1 aromatic carbocycles. The van der Waals surface area contributed by atoms with Crippen molar-refractivity contribution >= 4 is 28.9 Å². The average molecular weight is 384 g/mol. The molecule has 0 atom stereocenters. The molecule has 0 saturated carbocycles. The van der Waals surface area contributed by atoms with Gasteiger partial charge in [0.2, 0.25) is 10.5 Å². The van der Waals surface area contributed by atoms with Gasteiger partial charge in [0.25, 0.3) is 5.56 Å². The van der Waals surface area contributed by atoms with Gasteiger partial charge in [-0.3, -0.25) is 18.7 Å². The molecule has 7 heteroatoms. The maximum atomic E-state index is 12.9. The SMILES string of the molecule is C=CCn1c(=O)c2ccccc2n2c(=S)n(CN3CCCCCCC3)nc12. The van der Waals surface area contributed by atoms with E-state index in [-0.39, 0.29) is 5.56 Å². The first-order valence-corrected chi connectivity index (χ1v) is 10.1. The van der Waals surface area contributed by atoms with Crippen molar-refractivity contribution in [3.8, 4) is 0 Å². The number of hydrogen-bond donors (Lipinski definition) is 0. The molecule has 2 aromatic heterocycles. The van der Waals surface area contributed by atoms with Crippen LogP contribution in [0.1, 0.15) is 32.1 Å². The predicted octanol–water partition coefficient (Wildman–Crippen LogP) is 3.59. The maximum Gasteiger partial charge on any atom is 0.263 e. The van der Waals surface area contributed by atoms with Gasteiger partial charge in [0.05, 0.1) is 17.6 Å². The number of rotatable bonds is 4. The van der Waals surface area contributed by atoms with Crippen molar-refractivity contribution in [3.63, 3.8) is 0 Å². The topological polar surface area (TPSA) is 47.5 Å². The molecule has 4 rings (SSSR count). The quantitative estimate of drug-likeness (QED) is 0.510. The average Bonchev–Trinajstić information content (AvgIpc) is 2.97. The molecule has 1 saturated heterocycles. The van der Waals surface area contributed by atoms with Crippen LogP contribution in [0.15, 0.2) is 41.7 Å². The van der Waals surface area contributed by atoms with E-state index in [1.165, 1.54) is 32.1 Å². The number of benzene rings is 1. The Morgan fingerprint density at radius 3 is 2.56 bits per heavy atom. The van der Waals surface area contributed by atoms with Crippen molar-refractivity contribution in [3.05, 3.63) is 52.0 Å². The second-order valence-electron chi connectivity index (χ2n) is 7.17. The third-order valence-corrected chi connectivity index (χ3v) is 5.67. The smallest absolute Gasteiger partial charge is 0.263 e. The van der Waals surface area contributed by atoms with Crippen LogP contribution >= 0.6 is 12.2 Å². The lowest BCUT2D eigenvalue weighted by Gasteiger charge is -2.23. The molecule has 0 N–H and O–H groups in total. The van der Waals surface area contributed by atoms with Gasteiger partial charge in [0, 0.05) is 6.54 Å². The Balaban J connectivity index is 1.86. The lowest BCUT2D eigenvalue weighted by molar-refractivity contribution is 0.188. The van der Waals surface area contributed by atoms with E-state index in [4.69, 9.17) is 17.3 Å². The zero-order chi connectivity index (χ0) is 18.8. The summed E-state index contributed by atoms with van der Waals surface area (Å²) in [5.41, 5.74) is 0.748. The van der Waals surface area contributed by atoms with Crippen molar-refractivity contribution in [1.29, 1.82) is 0 Å². The summed E-state index contributed by atoms with van der Waals surface area (Å²) in [6.07, 6.45) is 8.06. The van der Waals surface area contributed by atoms with Gasteiger partial charge in [-0.05, 0) is 50.3 Å². The number of fused-ring (bicyclic) bond motifs is 3. The van der Waals surface area contributed by atoms with E-state index in [0.29, 0.717) is 29.1 Å². The van der Waals surface area contributed by atoms with E-state index in [0.717, 1.165) is 18.6 Å². The first-order valence-electron chi connectivity index (χ1n) is 9.65. The van der Waals surface area contributed by atoms with Crippen LogP contribution in [0.4, 0.5) is 0 Å². The molecule has 1 aliphatic heterocycles. The Bertz CT molecular complexity index is 1090. The van der Waals surface area contributed by atoms with Gasteiger partial charge in [-0.15, -0.1) is 11.7 Å². The molecular weight excluding hydrogens is 358 g/mol. The minimum Gasteiger partial charge on any atom is -0.284 e. The summed E-state index contributed by atoms with van der Waals surface area (Å²) >= 11 is 5.77. The minimum absolute atomic E-state index is 0.0589. The first-order chi connectivity index (χ1) is 13.2. The van der Waals surface area contributed by atoms with Crippen LogP contribution in [-0.4, -0.2) is 36.7 Å². The zero-order valence-electron chi connectivity index (χ0n) is 15.5. The molecule has 3 heterocycles. The standard InChI is InChI=1S/C20H25N5OS/c1-2-12-23-18(26)16-10-6-7-11-17(16)25-19(23)21-24(20(25)27)15-22-13-8-4-3-5-9-14-22/h2,6-7,10-11H,1,3-5,8-9,12-15H2. The largest absolute Gasteiger partial charge is 0.284 e. The van der Waals surface area contributed by atoms with Crippen LogP contribution in [0.3, 0.4) is 0 Å². The summed E-state index contributed by atoms with van der Waals surface area (Å²) < 4.78 is 6.05. The van der Waals surface area contributed by atoms with Crippen LogP contribution in [0, 0.1) is 4.77 Å². The number of aromatic nitrogens is 4. The van der Waals surface area contributed by atoms with E-state index in [1.807, 2.05) is 33.3 Å². The van der Waals surface area contributed by atoms with Gasteiger partial charge in [-0.1, -0.05) is 37.5 Å². The Labute approximate surface area is 163 Å². The zero-order valence-corrected chi connectivity index (χ0v) is 16.3. The summed E-state index contributed by atoms with van der Waals surface area (Å²) in [6, 6.07) is 7.58. The molecule has 3 aromatic rings. The van der Waals surface area contributed by atoms with Crippen LogP contribution < -0.4 is 5.56 Å². The van der Waals surface area contributed by atoms with Crippen LogP contribution in [-0.2, 0) is 13.2 Å². The van der Waals surface area contributed by atoms with E-state index >= 15 is 0 Å². The molecule has 1 aliphatic rings. The highest BCUT2D eigenvalue weighted by Crippen LogP contribution is 2.16. The van der Waals surface area contributed by atoms with Crippen molar-refractivity contribution in [2.45, 2.75) is 45.3 Å². The number of allylic oxidation sites excluding steroid dienone is 1. The molecule has 27 heavy (non-hydrogen) atoms. The van der Waals surface area contributed by atoms with Crippen molar-refractivity contribution in [2.24, 2.45) is 0 Å². The van der Waals surface area contributed by atoms with Crippen molar-refractivity contribution < 1.29 is 0 Å². The van der Waals surface area contributed by atoms with E-state index in [9.17, 15) is 4.79 Å². The Hall–Kier alpha value is -2.25. The van der Waals surface area contributed by atoms with Crippen LogP contribution in [0.5, 0.6) is 0 Å². The highest BCUT2D eigenvalue weighted by atomic mass is 32.1. The number of para-hydroxylation sites is 1. The van der Waals surface area contributed by atoms with Crippen molar-refractivity contribution in [1.82, 2.24) is 23.6 Å². The highest BCUT2D eigenvalue weighted by molar-refractivity contribution is 7.71. The van der Waals surface area contributed by atoms with Crippen LogP contribution in [0.25, 0.3) is 16.7 Å². The molecule has 6 nitrogen and oxygen atoms in total. The van der Waals surface area contributed by atoms with E-state index in [1.54, 1.807) is 10.6 Å². The predicted molar refractivity (Wildman–Crippen MR) is 111 cm³/mol. The normalized spacial score (nSPS) is 16.4. The number of nitrogens with zero attached hydrogens (tertiary/aromatic N) is 5. The summed E-state index contributed by atoms with van der Waals surface area (Å²) in [7, 11) is 0. The maximum absolute atomic E-state index is 12.9. The van der Waals surface area contributed by atoms with Gasteiger partial charge in [-0.25, -0.2) is 4.68 Å². The molecule has 1 fully saturated rings. The second-order valence-corrected chi connectivity index (χ2v) is 7.53. The van der Waals surface area contributed by atoms with Gasteiger partial charge in [0.1, 0.15) is 0 Å². The van der Waals surface area contributed by atoms with Crippen LogP contribution in [0.2, 0.25) is 0 Å². The Morgan fingerprint density at radius 2 is 1.81 bits per heavy atom. The summed E-state index contributed by atoms with van der Waals surface area (Å²) in [4.78, 5) is 15.4. The summed E-state index contributed by atoms with van der Waals surface area (Å²) in [6.45, 7) is 6.99. The van der Waals surface area contributed by atoms with Gasteiger partial charge < -0.3 is 0 Å². The number of likely N-dealkylation sites (tertiary alicyclic amines) is 1. The molecule has 0 amide bonds. The lowest BCUT2D eigenvalue weighted by Crippen LogP contribution is -2.30. The fourth-order valence-electron chi connectivity index (χ4n) is 3.90. The van der Waals surface area contributed by atoms with E-state index in [2.05, 4.69) is 11.5 Å². The van der Waals surface area contributed by atoms with Gasteiger partial charge in [-0.2, -0.15) is 0 Å². The van der Waals surface area contributed by atoms with E-state index < -0.39 is 0 Å². The Morgan fingerprint density at radius 1 is 1.11 bits per heavy atom. The molecule has 0 unspecified atom stereocenters.